The van der Waals surface area contributed by atoms with Crippen LogP contribution in [0.1, 0.15) is 0 Å². The quantitative estimate of drug-likeness (QED) is 0.624. The predicted octanol–water partition coefficient (Wildman–Crippen LogP) is 3.79. The molecule has 0 saturated carbocycles. The van der Waals surface area contributed by atoms with Crippen LogP contribution in [0.25, 0.3) is 0 Å². The topological polar surface area (TPSA) is 0 Å². The Kier molecular flexibility index (Phi) is 2.82. The largest absolute Gasteiger partial charge is 0.149 e. The van der Waals surface area contributed by atoms with E-state index in [4.69, 9.17) is 33.7 Å². The summed E-state index contributed by atoms with van der Waals surface area (Å²) < 4.78 is 0. The van der Waals surface area contributed by atoms with E-state index in [-0.39, 0.29) is 0 Å². The van der Waals surface area contributed by atoms with Crippen LogP contribution >= 0.6 is 39.0 Å². The summed E-state index contributed by atoms with van der Waals surface area (Å²) in [7, 11) is 0. The molecule has 1 radical (unpaired) electrons. The molecule has 0 aliphatic rings. The van der Waals surface area contributed by atoms with Crippen molar-refractivity contribution in [3.63, 3.8) is 0 Å². The number of rotatable bonds is 1. The van der Waals surface area contributed by atoms with Crippen molar-refractivity contribution in [3.8, 4) is 0 Å². The molecule has 4 heteroatoms. The van der Waals surface area contributed by atoms with Gasteiger partial charge in [0.05, 0.1) is 0 Å². The summed E-state index contributed by atoms with van der Waals surface area (Å²) in [6.45, 7) is 0. The number of hydrogen-bond donors (Lipinski definition) is 0. The van der Waals surface area contributed by atoms with E-state index in [1.165, 1.54) is 0 Å². The van der Waals surface area contributed by atoms with Crippen molar-refractivity contribution >= 4 is 44.3 Å². The van der Waals surface area contributed by atoms with Crippen LogP contribution in [0.15, 0.2) is 30.3 Å². The van der Waals surface area contributed by atoms with Gasteiger partial charge in [-0.1, -0.05) is 64.1 Å². The minimum atomic E-state index is -2.35. The molecule has 0 unspecified atom stereocenters. The average molecular weight is 214 g/mol. The zero-order valence-electron chi connectivity index (χ0n) is 4.97. The fraction of sp³-hybridized carbons (Fsp3) is 0. The first-order valence-electron chi connectivity index (χ1n) is 2.64. The van der Waals surface area contributed by atoms with Crippen LogP contribution in [0, 0.1) is 0 Å². The van der Waals surface area contributed by atoms with E-state index in [1.54, 1.807) is 0 Å². The molecular weight excluding hydrogens is 209 g/mol. The zero-order chi connectivity index (χ0) is 7.61. The maximum absolute atomic E-state index is 5.70. The molecule has 0 nitrogen and oxygen atoms in total. The number of halogens is 3. The Balaban J connectivity index is 2.97. The molecule has 0 aliphatic heterocycles. The molecule has 0 amide bonds. The zero-order valence-corrected chi connectivity index (χ0v) is 8.13. The van der Waals surface area contributed by atoms with Crippen LogP contribution in [-0.2, 0) is 0 Å². The molecule has 1 rings (SSSR count). The highest BCUT2D eigenvalue weighted by Crippen LogP contribution is 2.72. The summed E-state index contributed by atoms with van der Waals surface area (Å²) in [4.78, 5) is 0. The Morgan fingerprint density at radius 3 is 1.70 bits per heavy atom. The van der Waals surface area contributed by atoms with Gasteiger partial charge in [-0.3, -0.25) is 0 Å². The highest BCUT2D eigenvalue weighted by Gasteiger charge is 2.19. The fourth-order valence-corrected chi connectivity index (χ4v) is 2.12. The second kappa shape index (κ2) is 3.28. The Morgan fingerprint density at radius 1 is 0.900 bits per heavy atom. The van der Waals surface area contributed by atoms with Crippen molar-refractivity contribution < 1.29 is 0 Å². The van der Waals surface area contributed by atoms with Gasteiger partial charge in [-0.25, -0.2) is 0 Å². The molecule has 1 aromatic carbocycles. The van der Waals surface area contributed by atoms with Gasteiger partial charge < -0.3 is 0 Å². The van der Waals surface area contributed by atoms with Crippen molar-refractivity contribution in [2.45, 2.75) is 0 Å². The third-order valence-corrected chi connectivity index (χ3v) is 3.69. The molecule has 0 aliphatic carbocycles. The van der Waals surface area contributed by atoms with Gasteiger partial charge in [0, 0.05) is 5.30 Å². The van der Waals surface area contributed by atoms with Crippen molar-refractivity contribution in [2.75, 3.05) is 0 Å². The first kappa shape index (κ1) is 8.62. The van der Waals surface area contributed by atoms with E-state index in [2.05, 4.69) is 0 Å². The van der Waals surface area contributed by atoms with Crippen LogP contribution in [0.5, 0.6) is 0 Å². The van der Waals surface area contributed by atoms with E-state index in [0.717, 1.165) is 5.30 Å². The second-order valence-corrected chi connectivity index (χ2v) is 9.31. The average Bonchev–Trinajstić information content (AvgIpc) is 1.88. The molecule has 0 aromatic heterocycles. The molecule has 0 fully saturated rings. The molecule has 0 spiro atoms. The Labute approximate surface area is 74.8 Å². The van der Waals surface area contributed by atoms with E-state index >= 15 is 0 Å². The lowest BCUT2D eigenvalue weighted by atomic mass is 10.4. The maximum atomic E-state index is 5.70. The predicted molar refractivity (Wildman–Crippen MR) is 50.6 cm³/mol. The maximum Gasteiger partial charge on any atom is 0.149 e. The van der Waals surface area contributed by atoms with Gasteiger partial charge in [0.2, 0.25) is 0 Å². The van der Waals surface area contributed by atoms with Gasteiger partial charge in [0.25, 0.3) is 0 Å². The fourth-order valence-electron chi connectivity index (χ4n) is 0.597. The molecule has 0 N–H and O–H groups in total. The summed E-state index contributed by atoms with van der Waals surface area (Å²) in [5.41, 5.74) is 0. The first-order valence-corrected chi connectivity index (χ1v) is 7.15. The van der Waals surface area contributed by atoms with Crippen molar-refractivity contribution in [3.05, 3.63) is 30.3 Å². The van der Waals surface area contributed by atoms with Gasteiger partial charge in [0.15, 0.2) is 0 Å². The van der Waals surface area contributed by atoms with E-state index in [0.29, 0.717) is 0 Å². The van der Waals surface area contributed by atoms with Crippen molar-refractivity contribution in [1.82, 2.24) is 0 Å². The lowest BCUT2D eigenvalue weighted by Gasteiger charge is -2.10. The number of hydrogen-bond acceptors (Lipinski definition) is 0. The van der Waals surface area contributed by atoms with Gasteiger partial charge in [0.1, 0.15) is 5.32 Å². The van der Waals surface area contributed by atoms with Crippen molar-refractivity contribution in [2.24, 2.45) is 0 Å². The third-order valence-electron chi connectivity index (χ3n) is 1.05. The highest BCUT2D eigenvalue weighted by atomic mass is 36.1. The van der Waals surface area contributed by atoms with Gasteiger partial charge in [-0.2, -0.15) is 0 Å². The smallest absolute Gasteiger partial charge is 0.0626 e. The molecule has 0 heterocycles. The van der Waals surface area contributed by atoms with Crippen LogP contribution in [0.4, 0.5) is 0 Å². The van der Waals surface area contributed by atoms with Gasteiger partial charge in [-0.15, -0.1) is 0 Å². The molecule has 10 heavy (non-hydrogen) atoms. The number of benzene rings is 1. The third kappa shape index (κ3) is 2.29. The van der Waals surface area contributed by atoms with Crippen molar-refractivity contribution in [1.29, 1.82) is 0 Å². The summed E-state index contributed by atoms with van der Waals surface area (Å²) in [5.74, 6) is 0. The Hall–Kier alpha value is 0.520. The summed E-state index contributed by atoms with van der Waals surface area (Å²) in [5, 5.41) is -1.55. The van der Waals surface area contributed by atoms with Crippen LogP contribution in [0.2, 0.25) is 0 Å². The SMILES string of the molecule is Cl[P](Cl)(Cl)c1ccccc1. The molecule has 0 atom stereocenters. The van der Waals surface area contributed by atoms with Gasteiger partial charge in [-0.05, 0) is 0 Å². The standard InChI is InChI=1S/C6H5Cl3P/c7-10(8,9)6-4-2-1-3-5-6/h1-5H. The molecule has 55 valence electrons. The highest BCUT2D eigenvalue weighted by molar-refractivity contribution is 8.36. The monoisotopic (exact) mass is 213 g/mol. The lowest BCUT2D eigenvalue weighted by Crippen LogP contribution is -1.95. The van der Waals surface area contributed by atoms with Crippen LogP contribution in [0.3, 0.4) is 0 Å². The summed E-state index contributed by atoms with van der Waals surface area (Å²) >= 11 is 17.1. The summed E-state index contributed by atoms with van der Waals surface area (Å²) in [6, 6.07) is 9.25. The van der Waals surface area contributed by atoms with Crippen LogP contribution in [-0.4, -0.2) is 0 Å². The van der Waals surface area contributed by atoms with E-state index < -0.39 is 5.32 Å². The molecule has 1 aromatic rings. The second-order valence-electron chi connectivity index (χ2n) is 1.78. The lowest BCUT2D eigenvalue weighted by molar-refractivity contribution is 1.78. The summed E-state index contributed by atoms with van der Waals surface area (Å²) in [6.07, 6.45) is 0. The Bertz CT molecular complexity index is 204. The Morgan fingerprint density at radius 2 is 1.40 bits per heavy atom. The van der Waals surface area contributed by atoms with E-state index in [9.17, 15) is 0 Å². The van der Waals surface area contributed by atoms with Gasteiger partial charge >= 0.3 is 0 Å². The van der Waals surface area contributed by atoms with E-state index in [1.807, 2.05) is 30.3 Å². The normalized spacial score (nSPS) is 11.5. The molecular formula is C6H5Cl3P. The molecule has 0 bridgehead atoms. The minimum absolute atomic E-state index is 0.806. The minimum Gasteiger partial charge on any atom is -0.0626 e. The van der Waals surface area contributed by atoms with Crippen LogP contribution < -0.4 is 5.30 Å². The first-order chi connectivity index (χ1) is 4.61. The molecule has 0 saturated heterocycles.